The maximum atomic E-state index is 11.4. The standard InChI is InChI=1S/C11H15NO3S/c1-11(2,3)15-10(14)12-8(7-13)9-5-4-6-16-9/h4-8H,1-3H3,(H,12,14). The van der Waals surface area contributed by atoms with Crippen LogP contribution >= 0.6 is 11.3 Å². The molecule has 0 saturated heterocycles. The van der Waals surface area contributed by atoms with E-state index in [-0.39, 0.29) is 0 Å². The zero-order valence-electron chi connectivity index (χ0n) is 9.52. The van der Waals surface area contributed by atoms with Crippen molar-refractivity contribution in [1.29, 1.82) is 0 Å². The lowest BCUT2D eigenvalue weighted by Crippen LogP contribution is -2.35. The number of carbonyl (C=O) groups excluding carboxylic acids is 2. The number of hydrogen-bond acceptors (Lipinski definition) is 4. The van der Waals surface area contributed by atoms with Gasteiger partial charge < -0.3 is 14.8 Å². The van der Waals surface area contributed by atoms with Crippen LogP contribution in [0.25, 0.3) is 0 Å². The Morgan fingerprint density at radius 2 is 2.25 bits per heavy atom. The number of rotatable bonds is 3. The average Bonchev–Trinajstić information content (AvgIpc) is 2.63. The molecule has 1 rings (SSSR count). The van der Waals surface area contributed by atoms with Crippen LogP contribution in [0.15, 0.2) is 17.5 Å². The summed E-state index contributed by atoms with van der Waals surface area (Å²) in [6.07, 6.45) is 0.105. The number of ether oxygens (including phenoxy) is 1. The molecule has 1 atom stereocenters. The van der Waals surface area contributed by atoms with Crippen molar-refractivity contribution in [1.82, 2.24) is 5.32 Å². The molecule has 0 aromatic carbocycles. The SMILES string of the molecule is CC(C)(C)OC(=O)NC(C=O)c1cccs1. The quantitative estimate of drug-likeness (QED) is 0.827. The van der Waals surface area contributed by atoms with Gasteiger partial charge in [-0.05, 0) is 32.2 Å². The highest BCUT2D eigenvalue weighted by molar-refractivity contribution is 7.10. The summed E-state index contributed by atoms with van der Waals surface area (Å²) < 4.78 is 5.06. The summed E-state index contributed by atoms with van der Waals surface area (Å²) in [6.45, 7) is 5.31. The molecular formula is C11H15NO3S. The molecule has 1 heterocycles. The summed E-state index contributed by atoms with van der Waals surface area (Å²) >= 11 is 1.41. The second-order valence-corrected chi connectivity index (χ2v) is 5.25. The Kier molecular flexibility index (Phi) is 4.06. The molecule has 4 nitrogen and oxygen atoms in total. The monoisotopic (exact) mass is 241 g/mol. The molecule has 1 amide bonds. The molecule has 0 saturated carbocycles. The third kappa shape index (κ3) is 4.02. The molecular weight excluding hydrogens is 226 g/mol. The first-order valence-electron chi connectivity index (χ1n) is 4.90. The smallest absolute Gasteiger partial charge is 0.408 e. The molecule has 88 valence electrons. The van der Waals surface area contributed by atoms with Crippen LogP contribution in [-0.4, -0.2) is 18.0 Å². The highest BCUT2D eigenvalue weighted by Crippen LogP contribution is 2.17. The fourth-order valence-corrected chi connectivity index (χ4v) is 1.81. The normalized spacial score (nSPS) is 12.9. The van der Waals surface area contributed by atoms with E-state index in [1.807, 2.05) is 11.4 Å². The largest absolute Gasteiger partial charge is 0.444 e. The van der Waals surface area contributed by atoms with Gasteiger partial charge in [-0.2, -0.15) is 0 Å². The van der Waals surface area contributed by atoms with Crippen LogP contribution in [0, 0.1) is 0 Å². The van der Waals surface area contributed by atoms with Crippen molar-refractivity contribution in [3.05, 3.63) is 22.4 Å². The van der Waals surface area contributed by atoms with Crippen molar-refractivity contribution in [3.63, 3.8) is 0 Å². The van der Waals surface area contributed by atoms with Crippen LogP contribution < -0.4 is 5.32 Å². The van der Waals surface area contributed by atoms with Crippen molar-refractivity contribution >= 4 is 23.7 Å². The number of aldehydes is 1. The highest BCUT2D eigenvalue weighted by atomic mass is 32.1. The first-order chi connectivity index (χ1) is 7.42. The zero-order chi connectivity index (χ0) is 12.2. The molecule has 1 aromatic rings. The molecule has 1 aromatic heterocycles. The lowest BCUT2D eigenvalue weighted by molar-refractivity contribution is -0.109. The van der Waals surface area contributed by atoms with Crippen LogP contribution in [0.1, 0.15) is 31.7 Å². The first-order valence-corrected chi connectivity index (χ1v) is 5.78. The Morgan fingerprint density at radius 3 is 2.69 bits per heavy atom. The minimum atomic E-state index is -0.630. The van der Waals surface area contributed by atoms with E-state index in [9.17, 15) is 9.59 Å². The van der Waals surface area contributed by atoms with E-state index in [1.54, 1.807) is 26.8 Å². The number of alkyl carbamates (subject to hydrolysis) is 1. The predicted molar refractivity (Wildman–Crippen MR) is 62.5 cm³/mol. The molecule has 16 heavy (non-hydrogen) atoms. The Morgan fingerprint density at radius 1 is 1.56 bits per heavy atom. The second-order valence-electron chi connectivity index (χ2n) is 4.28. The summed E-state index contributed by atoms with van der Waals surface area (Å²) in [5, 5.41) is 4.36. The number of hydrogen-bond donors (Lipinski definition) is 1. The van der Waals surface area contributed by atoms with E-state index in [4.69, 9.17) is 4.74 Å². The van der Waals surface area contributed by atoms with Gasteiger partial charge in [-0.3, -0.25) is 0 Å². The van der Waals surface area contributed by atoms with Crippen LogP contribution in [0.3, 0.4) is 0 Å². The Labute approximate surface area is 98.6 Å². The molecule has 1 N–H and O–H groups in total. The second kappa shape index (κ2) is 5.12. The molecule has 0 aliphatic heterocycles. The van der Waals surface area contributed by atoms with Gasteiger partial charge in [0.2, 0.25) is 0 Å². The van der Waals surface area contributed by atoms with Gasteiger partial charge in [0.25, 0.3) is 0 Å². The van der Waals surface area contributed by atoms with Gasteiger partial charge in [-0.1, -0.05) is 6.07 Å². The number of carbonyl (C=O) groups is 2. The fourth-order valence-electron chi connectivity index (χ4n) is 1.07. The molecule has 5 heteroatoms. The van der Waals surface area contributed by atoms with Crippen molar-refractivity contribution in [3.8, 4) is 0 Å². The summed E-state index contributed by atoms with van der Waals surface area (Å²) in [6, 6.07) is 2.99. The minimum Gasteiger partial charge on any atom is -0.444 e. The van der Waals surface area contributed by atoms with Gasteiger partial charge in [0.1, 0.15) is 17.9 Å². The zero-order valence-corrected chi connectivity index (χ0v) is 10.3. The number of amides is 1. The summed E-state index contributed by atoms with van der Waals surface area (Å²) in [5.74, 6) is 0. The van der Waals surface area contributed by atoms with E-state index < -0.39 is 17.7 Å². The summed E-state index contributed by atoms with van der Waals surface area (Å²) in [5.41, 5.74) is -0.563. The van der Waals surface area contributed by atoms with Crippen molar-refractivity contribution in [2.24, 2.45) is 0 Å². The van der Waals surface area contributed by atoms with E-state index in [2.05, 4.69) is 5.32 Å². The first kappa shape index (κ1) is 12.7. The fraction of sp³-hybridized carbons (Fsp3) is 0.455. The van der Waals surface area contributed by atoms with Gasteiger partial charge in [0, 0.05) is 4.88 Å². The maximum absolute atomic E-state index is 11.4. The Bertz CT molecular complexity index is 354. The summed E-state index contributed by atoms with van der Waals surface area (Å²) in [4.78, 5) is 23.1. The van der Waals surface area contributed by atoms with Gasteiger partial charge >= 0.3 is 6.09 Å². The van der Waals surface area contributed by atoms with Gasteiger partial charge in [-0.15, -0.1) is 11.3 Å². The maximum Gasteiger partial charge on any atom is 0.408 e. The van der Waals surface area contributed by atoms with Crippen LogP contribution in [-0.2, 0) is 9.53 Å². The number of nitrogens with one attached hydrogen (secondary N) is 1. The Balaban J connectivity index is 2.58. The molecule has 0 spiro atoms. The number of thiophene rings is 1. The lowest BCUT2D eigenvalue weighted by atomic mass is 10.2. The van der Waals surface area contributed by atoms with Crippen LogP contribution in [0.5, 0.6) is 0 Å². The topological polar surface area (TPSA) is 55.4 Å². The molecule has 0 radical (unpaired) electrons. The molecule has 0 fully saturated rings. The van der Waals surface area contributed by atoms with E-state index in [1.165, 1.54) is 11.3 Å². The predicted octanol–water partition coefficient (Wildman–Crippen LogP) is 2.51. The van der Waals surface area contributed by atoms with E-state index >= 15 is 0 Å². The van der Waals surface area contributed by atoms with Crippen molar-refractivity contribution in [2.75, 3.05) is 0 Å². The molecule has 0 bridgehead atoms. The van der Waals surface area contributed by atoms with Crippen molar-refractivity contribution in [2.45, 2.75) is 32.4 Å². The average molecular weight is 241 g/mol. The van der Waals surface area contributed by atoms with Crippen LogP contribution in [0.4, 0.5) is 4.79 Å². The van der Waals surface area contributed by atoms with Crippen LogP contribution in [0.2, 0.25) is 0 Å². The highest BCUT2D eigenvalue weighted by Gasteiger charge is 2.20. The van der Waals surface area contributed by atoms with E-state index in [0.29, 0.717) is 6.29 Å². The van der Waals surface area contributed by atoms with E-state index in [0.717, 1.165) is 4.88 Å². The summed E-state index contributed by atoms with van der Waals surface area (Å²) in [7, 11) is 0. The Hall–Kier alpha value is -1.36. The van der Waals surface area contributed by atoms with Gasteiger partial charge in [0.15, 0.2) is 0 Å². The third-order valence-electron chi connectivity index (χ3n) is 1.66. The molecule has 0 aliphatic rings. The molecule has 1 unspecified atom stereocenters. The minimum absolute atomic E-state index is 0.563. The van der Waals surface area contributed by atoms with Gasteiger partial charge in [0.05, 0.1) is 0 Å². The van der Waals surface area contributed by atoms with Gasteiger partial charge in [-0.25, -0.2) is 4.79 Å². The lowest BCUT2D eigenvalue weighted by Gasteiger charge is -2.21. The van der Waals surface area contributed by atoms with Crippen molar-refractivity contribution < 1.29 is 14.3 Å². The molecule has 0 aliphatic carbocycles. The third-order valence-corrected chi connectivity index (χ3v) is 2.61.